The van der Waals surface area contributed by atoms with Gasteiger partial charge in [-0.15, -0.1) is 0 Å². The molecule has 0 saturated carbocycles. The van der Waals surface area contributed by atoms with Crippen molar-refractivity contribution in [3.8, 4) is 16.9 Å². The van der Waals surface area contributed by atoms with Crippen molar-refractivity contribution in [3.63, 3.8) is 0 Å². The van der Waals surface area contributed by atoms with Gasteiger partial charge in [0, 0.05) is 30.9 Å². The van der Waals surface area contributed by atoms with E-state index in [2.05, 4.69) is 10.3 Å². The van der Waals surface area contributed by atoms with E-state index >= 15 is 0 Å². The Balaban J connectivity index is 1.29. The molecule has 1 aliphatic heterocycles. The minimum Gasteiger partial charge on any atom is -0.490 e. The van der Waals surface area contributed by atoms with Crippen LogP contribution in [0.15, 0.2) is 60.8 Å². The molecule has 9 heteroatoms. The number of carbonyl (C=O) groups excluding carboxylic acids is 2. The molecule has 0 atom stereocenters. The lowest BCUT2D eigenvalue weighted by molar-refractivity contribution is -0.116. The molecular weight excluding hydrogens is 492 g/mol. The smallest absolute Gasteiger partial charge is 0.254 e. The first-order chi connectivity index (χ1) is 17.9. The molecule has 37 heavy (non-hydrogen) atoms. The highest BCUT2D eigenvalue weighted by molar-refractivity contribution is 6.32. The van der Waals surface area contributed by atoms with Crippen molar-refractivity contribution in [3.05, 3.63) is 82.5 Å². The summed E-state index contributed by atoms with van der Waals surface area (Å²) in [4.78, 5) is 30.6. The second-order valence-corrected chi connectivity index (χ2v) is 8.98. The van der Waals surface area contributed by atoms with Crippen molar-refractivity contribution in [2.75, 3.05) is 45.2 Å². The molecule has 3 N–H and O–H groups in total. The molecule has 192 valence electrons. The fourth-order valence-corrected chi connectivity index (χ4v) is 4.13. The number of nitrogens with one attached hydrogen (secondary N) is 1. The molecule has 0 aliphatic carbocycles. The number of carbonyl (C=O) groups is 2. The molecule has 1 aliphatic rings. The number of rotatable bonds is 8. The summed E-state index contributed by atoms with van der Waals surface area (Å²) in [5.74, 6) is 0.736. The van der Waals surface area contributed by atoms with Crippen LogP contribution in [0.25, 0.3) is 17.2 Å². The lowest BCUT2D eigenvalue weighted by Gasteiger charge is -2.27. The summed E-state index contributed by atoms with van der Waals surface area (Å²) in [7, 11) is 0. The van der Waals surface area contributed by atoms with E-state index < -0.39 is 0 Å². The highest BCUT2D eigenvalue weighted by Gasteiger charge is 2.20. The number of anilines is 1. The Morgan fingerprint density at radius 2 is 1.89 bits per heavy atom. The number of ether oxygens (including phenoxy) is 2. The van der Waals surface area contributed by atoms with Gasteiger partial charge in [0.2, 0.25) is 5.91 Å². The topological polar surface area (TPSA) is 107 Å². The molecule has 4 rings (SSSR count). The second-order valence-electron chi connectivity index (χ2n) is 8.57. The van der Waals surface area contributed by atoms with Gasteiger partial charge in [0.1, 0.15) is 18.2 Å². The molecule has 0 spiro atoms. The third kappa shape index (κ3) is 7.09. The van der Waals surface area contributed by atoms with E-state index in [0.29, 0.717) is 55.0 Å². The Kier molecular flexibility index (Phi) is 8.77. The molecule has 2 aromatic carbocycles. The molecule has 2 amide bonds. The number of pyridine rings is 1. The Morgan fingerprint density at radius 3 is 2.59 bits per heavy atom. The van der Waals surface area contributed by atoms with E-state index in [4.69, 9.17) is 26.8 Å². The van der Waals surface area contributed by atoms with Crippen LogP contribution in [0, 0.1) is 6.92 Å². The largest absolute Gasteiger partial charge is 0.490 e. The molecule has 0 bridgehead atoms. The predicted octanol–water partition coefficient (Wildman–Crippen LogP) is 3.97. The highest BCUT2D eigenvalue weighted by Crippen LogP contribution is 2.31. The number of nitrogen functional groups attached to an aromatic ring is 1. The van der Waals surface area contributed by atoms with Crippen LogP contribution in [0.4, 0.5) is 5.82 Å². The second kappa shape index (κ2) is 12.4. The van der Waals surface area contributed by atoms with Crippen LogP contribution in [0.3, 0.4) is 0 Å². The minimum atomic E-state index is -0.243. The van der Waals surface area contributed by atoms with Crippen molar-refractivity contribution in [2.24, 2.45) is 0 Å². The summed E-state index contributed by atoms with van der Waals surface area (Å²) in [6, 6.07) is 14.8. The van der Waals surface area contributed by atoms with Crippen molar-refractivity contribution in [2.45, 2.75) is 6.92 Å². The molecular formula is C28H29ClN4O4. The number of nitrogens with two attached hydrogens (primary N) is 1. The summed E-state index contributed by atoms with van der Waals surface area (Å²) in [6.45, 7) is 4.88. The molecule has 2 heterocycles. The number of hydrogen-bond acceptors (Lipinski definition) is 6. The van der Waals surface area contributed by atoms with Crippen LogP contribution in [-0.4, -0.2) is 61.2 Å². The van der Waals surface area contributed by atoms with Crippen molar-refractivity contribution >= 4 is 35.3 Å². The summed E-state index contributed by atoms with van der Waals surface area (Å²) < 4.78 is 11.1. The minimum absolute atomic E-state index is 0.0268. The number of nitrogens with zero attached hydrogens (tertiary/aromatic N) is 2. The van der Waals surface area contributed by atoms with Gasteiger partial charge in [0.25, 0.3) is 5.91 Å². The van der Waals surface area contributed by atoms with Crippen molar-refractivity contribution < 1.29 is 19.1 Å². The van der Waals surface area contributed by atoms with E-state index in [1.807, 2.05) is 42.2 Å². The number of benzene rings is 2. The Bertz CT molecular complexity index is 1290. The maximum atomic E-state index is 12.8. The maximum absolute atomic E-state index is 12.8. The van der Waals surface area contributed by atoms with Gasteiger partial charge in [-0.2, -0.15) is 0 Å². The normalized spacial score (nSPS) is 13.5. The number of aryl methyl sites for hydroxylation is 1. The lowest BCUT2D eigenvalue weighted by atomic mass is 9.99. The van der Waals surface area contributed by atoms with Gasteiger partial charge in [-0.05, 0) is 65.6 Å². The van der Waals surface area contributed by atoms with Gasteiger partial charge in [-0.3, -0.25) is 9.59 Å². The maximum Gasteiger partial charge on any atom is 0.254 e. The van der Waals surface area contributed by atoms with Crippen LogP contribution < -0.4 is 15.8 Å². The fraction of sp³-hybridized carbons (Fsp3) is 0.250. The van der Waals surface area contributed by atoms with E-state index in [0.717, 1.165) is 22.3 Å². The summed E-state index contributed by atoms with van der Waals surface area (Å²) >= 11 is 6.46. The van der Waals surface area contributed by atoms with Gasteiger partial charge in [0.05, 0.1) is 24.8 Å². The first-order valence-corrected chi connectivity index (χ1v) is 12.4. The Hall–Kier alpha value is -3.88. The van der Waals surface area contributed by atoms with Gasteiger partial charge < -0.3 is 25.4 Å². The van der Waals surface area contributed by atoms with E-state index in [-0.39, 0.29) is 18.4 Å². The molecule has 8 nitrogen and oxygen atoms in total. The monoisotopic (exact) mass is 520 g/mol. The third-order valence-corrected chi connectivity index (χ3v) is 6.21. The van der Waals surface area contributed by atoms with Gasteiger partial charge in [0.15, 0.2) is 0 Å². The summed E-state index contributed by atoms with van der Waals surface area (Å²) in [6.07, 6.45) is 4.68. The molecule has 0 radical (unpaired) electrons. The quantitative estimate of drug-likeness (QED) is 0.344. The van der Waals surface area contributed by atoms with Crippen LogP contribution in [0.1, 0.15) is 21.5 Å². The highest BCUT2D eigenvalue weighted by atomic mass is 35.5. The van der Waals surface area contributed by atoms with E-state index in [1.165, 1.54) is 6.08 Å². The average molecular weight is 521 g/mol. The van der Waals surface area contributed by atoms with Crippen LogP contribution in [-0.2, 0) is 9.53 Å². The molecule has 1 fully saturated rings. The van der Waals surface area contributed by atoms with Crippen LogP contribution in [0.5, 0.6) is 5.75 Å². The zero-order chi connectivity index (χ0) is 26.2. The molecule has 0 unspecified atom stereocenters. The zero-order valence-electron chi connectivity index (χ0n) is 20.6. The Labute approximate surface area is 221 Å². The average Bonchev–Trinajstić information content (AvgIpc) is 2.91. The number of hydrogen-bond donors (Lipinski definition) is 2. The third-order valence-electron chi connectivity index (χ3n) is 5.92. The first-order valence-electron chi connectivity index (χ1n) is 12.0. The fourth-order valence-electron chi connectivity index (χ4n) is 3.90. The zero-order valence-corrected chi connectivity index (χ0v) is 21.3. The Morgan fingerprint density at radius 1 is 1.14 bits per heavy atom. The molecule has 1 aromatic heterocycles. The number of halogens is 1. The van der Waals surface area contributed by atoms with E-state index in [9.17, 15) is 9.59 Å². The van der Waals surface area contributed by atoms with E-state index in [1.54, 1.807) is 30.5 Å². The first kappa shape index (κ1) is 26.2. The number of amides is 2. The number of aromatic nitrogens is 1. The predicted molar refractivity (Wildman–Crippen MR) is 145 cm³/mol. The summed E-state index contributed by atoms with van der Waals surface area (Å²) in [5.41, 5.74) is 9.80. The van der Waals surface area contributed by atoms with Crippen LogP contribution in [0.2, 0.25) is 5.02 Å². The van der Waals surface area contributed by atoms with Crippen molar-refractivity contribution in [1.29, 1.82) is 0 Å². The molecule has 1 saturated heterocycles. The summed E-state index contributed by atoms with van der Waals surface area (Å²) in [5, 5.41) is 3.22. The van der Waals surface area contributed by atoms with Gasteiger partial charge in [-0.25, -0.2) is 4.98 Å². The molecule has 3 aromatic rings. The van der Waals surface area contributed by atoms with Crippen molar-refractivity contribution in [1.82, 2.24) is 15.2 Å². The number of morpholine rings is 1. The van der Waals surface area contributed by atoms with Gasteiger partial charge in [-0.1, -0.05) is 29.8 Å². The standard InChI is InChI=1S/C28H29ClN4O4/c1-19-16-21(4-6-23(19)28(35)33-11-14-36-15-12-33)22-5-7-25(24(29)17-22)37-13-10-31-27(34)9-3-20-2-8-26(30)32-18-20/h2-9,16-18H,10-15H2,1H3,(H2,30,32)(H,31,34)/b9-3+. The van der Waals surface area contributed by atoms with Gasteiger partial charge >= 0.3 is 0 Å². The van der Waals surface area contributed by atoms with Crippen LogP contribution >= 0.6 is 11.6 Å². The SMILES string of the molecule is Cc1cc(-c2ccc(OCCNC(=O)/C=C/c3ccc(N)nc3)c(Cl)c2)ccc1C(=O)N1CCOCC1. The lowest BCUT2D eigenvalue weighted by Crippen LogP contribution is -2.40.